The molecular weight excluding hydrogens is 352 g/mol. The van der Waals surface area contributed by atoms with E-state index in [2.05, 4.69) is 0 Å². The Labute approximate surface area is 121 Å². The fourth-order valence-corrected chi connectivity index (χ4v) is 0. The summed E-state index contributed by atoms with van der Waals surface area (Å²) in [5.74, 6) is 0. The normalized spacial score (nSPS) is 0. The van der Waals surface area contributed by atoms with Crippen LogP contribution >= 0.6 is 0 Å². The zero-order chi connectivity index (χ0) is 0. The first-order chi connectivity index (χ1) is 0. The van der Waals surface area contributed by atoms with Gasteiger partial charge < -0.3 is 27.0 Å². The van der Waals surface area contributed by atoms with Gasteiger partial charge in [0.15, 0.2) is 0 Å². The van der Waals surface area contributed by atoms with Crippen LogP contribution in [-0.2, 0) is 122 Å². The summed E-state index contributed by atoms with van der Waals surface area (Å²) in [5.41, 5.74) is 0. The van der Waals surface area contributed by atoms with Crippen LogP contribution in [0.5, 0.6) is 0 Å². The minimum absolute atomic E-state index is 0. The maximum atomic E-state index is 0. The predicted octanol–water partition coefficient (Wildman–Crippen LogP) is -2.16. The Morgan fingerprint density at radius 1 is 0.375 bits per heavy atom. The van der Waals surface area contributed by atoms with E-state index < -0.39 is 0 Å². The Hall–Kier alpha value is 3.48. The average Bonchev–Trinajstić information content (AvgIpc) is 0. The van der Waals surface area contributed by atoms with Crippen LogP contribution in [0.2, 0.25) is 0 Å². The van der Waals surface area contributed by atoms with E-state index in [0.717, 1.165) is 0 Å². The minimum atomic E-state index is 0. The van der Waals surface area contributed by atoms with E-state index in [-0.39, 0.29) is 122 Å². The van der Waals surface area contributed by atoms with Gasteiger partial charge in [0.05, 0.1) is 0 Å². The van der Waals surface area contributed by atoms with Crippen molar-refractivity contribution >= 4 is 54.0 Å². The first kappa shape index (κ1) is 104. The van der Waals surface area contributed by atoms with Crippen molar-refractivity contribution in [2.24, 2.45) is 0 Å². The van der Waals surface area contributed by atoms with Crippen LogP contribution in [0.4, 0.5) is 0 Å². The monoisotopic (exact) mass is 360 g/mol. The zero-order valence-electron chi connectivity index (χ0n) is 3.46. The Morgan fingerprint density at radius 2 is 0.375 bits per heavy atom. The first-order valence-corrected chi connectivity index (χ1v) is 0. The van der Waals surface area contributed by atoms with Gasteiger partial charge in [-0.2, -0.15) is 0 Å². The number of hydrogen-bond acceptors (Lipinski definition) is 2. The summed E-state index contributed by atoms with van der Waals surface area (Å²) in [5, 5.41) is 0. The summed E-state index contributed by atoms with van der Waals surface area (Å²) in [4.78, 5) is 0. The summed E-state index contributed by atoms with van der Waals surface area (Å²) in [7, 11) is 0. The summed E-state index contributed by atoms with van der Waals surface area (Å²) in [6.07, 6.45) is 0. The van der Waals surface area contributed by atoms with E-state index in [1.54, 1.807) is 0 Å². The summed E-state index contributed by atoms with van der Waals surface area (Å²) in [6.45, 7) is 0. The molecule has 0 bridgehead atoms. The van der Waals surface area contributed by atoms with Crippen LogP contribution in [0, 0.1) is 0 Å². The molecule has 0 aromatic heterocycles. The third-order valence-corrected chi connectivity index (χ3v) is 0. The van der Waals surface area contributed by atoms with Gasteiger partial charge in [-0.25, -0.2) is 0 Å². The Morgan fingerprint density at radius 3 is 0.375 bits per heavy atom. The molecule has 0 rings (SSSR count). The van der Waals surface area contributed by atoms with Gasteiger partial charge in [-0.15, -0.1) is 0 Å². The van der Waals surface area contributed by atoms with Crippen molar-refractivity contribution in [3.63, 3.8) is 0 Å². The standard InChI is InChI=1S/4Fe.4H2S/h;;;;4*1H2. The molecule has 0 fully saturated rings. The summed E-state index contributed by atoms with van der Waals surface area (Å²) >= 11 is 0. The second-order valence-electron chi connectivity index (χ2n) is 0. The third-order valence-electron chi connectivity index (χ3n) is 0. The van der Waals surface area contributed by atoms with E-state index in [0.29, 0.717) is 0 Å². The van der Waals surface area contributed by atoms with Crippen molar-refractivity contribution in [3.8, 4) is 0 Å². The van der Waals surface area contributed by atoms with E-state index in [1.807, 2.05) is 0 Å². The van der Waals surface area contributed by atoms with Crippen LogP contribution < -0.4 is 0 Å². The molecule has 8 heteroatoms. The second kappa shape index (κ2) is 77.8. The van der Waals surface area contributed by atoms with E-state index >= 15 is 0 Å². The molecule has 0 aliphatic carbocycles. The fraction of sp³-hybridized carbons (Fsp3) is 0. The molecule has 0 atom stereocenters. The van der Waals surface area contributed by atoms with Gasteiger partial charge in [0.1, 0.15) is 0 Å². The molecule has 8 heavy (non-hydrogen) atoms. The van der Waals surface area contributed by atoms with Gasteiger partial charge in [0.2, 0.25) is 0 Å². The SMILES string of the molecule is [Fe].[Fe].[Fe].[Fe].[SH-].[SH-].[SH3+].[SH3+]. The van der Waals surface area contributed by atoms with Gasteiger partial charge in [-0.3, -0.25) is 0 Å². The fourth-order valence-electron chi connectivity index (χ4n) is 0. The zero-order valence-corrected chi connectivity index (χ0v) is 12.0. The third kappa shape index (κ3) is 56.3. The molecule has 0 amide bonds. The van der Waals surface area contributed by atoms with E-state index in [9.17, 15) is 0 Å². The van der Waals surface area contributed by atoms with Crippen molar-refractivity contribution < 1.29 is 68.3 Å². The van der Waals surface area contributed by atoms with Gasteiger partial charge >= 0.3 is 0 Å². The summed E-state index contributed by atoms with van der Waals surface area (Å²) < 4.78 is 0. The van der Waals surface area contributed by atoms with E-state index in [1.165, 1.54) is 0 Å². The van der Waals surface area contributed by atoms with Crippen LogP contribution in [-0.4, -0.2) is 0 Å². The first-order valence-electron chi connectivity index (χ1n) is 0. The largest absolute Gasteiger partial charge is 0.813 e. The number of thiol groups is 2. The molecule has 0 N–H and O–H groups in total. The molecule has 0 aromatic carbocycles. The van der Waals surface area contributed by atoms with Crippen molar-refractivity contribution in [3.05, 3.63) is 0 Å². The Balaban J connectivity index is 0. The maximum absolute atomic E-state index is 0. The molecular formula is H8Fe4S4. The molecule has 0 saturated carbocycles. The number of rotatable bonds is 0. The molecule has 0 aliphatic heterocycles. The van der Waals surface area contributed by atoms with Crippen LogP contribution in [0.15, 0.2) is 0 Å². The quantitative estimate of drug-likeness (QED) is 0.209. The Kier molecular flexibility index (Phi) is 1010. The van der Waals surface area contributed by atoms with Crippen LogP contribution in [0.25, 0.3) is 0 Å². The molecule has 0 radical (unpaired) electrons. The molecule has 0 aromatic rings. The van der Waals surface area contributed by atoms with Crippen LogP contribution in [0.3, 0.4) is 0 Å². The molecule has 0 unspecified atom stereocenters. The molecule has 0 saturated heterocycles. The van der Waals surface area contributed by atoms with Gasteiger partial charge in [-0.05, 0) is 0 Å². The maximum Gasteiger partial charge on any atom is 0 e. The molecule has 0 nitrogen and oxygen atoms in total. The molecule has 0 spiro atoms. The van der Waals surface area contributed by atoms with Gasteiger partial charge in [0, 0.05) is 68.3 Å². The van der Waals surface area contributed by atoms with E-state index in [4.69, 9.17) is 0 Å². The topological polar surface area (TPSA) is 0 Å². The minimum Gasteiger partial charge on any atom is -0.813 e. The van der Waals surface area contributed by atoms with Crippen molar-refractivity contribution in [1.29, 1.82) is 0 Å². The number of hydrogen-bond donors (Lipinski definition) is 0. The van der Waals surface area contributed by atoms with Crippen molar-refractivity contribution in [2.75, 3.05) is 0 Å². The van der Waals surface area contributed by atoms with Crippen molar-refractivity contribution in [1.82, 2.24) is 0 Å². The second-order valence-corrected chi connectivity index (χ2v) is 0. The smallest absolute Gasteiger partial charge is 0 e. The summed E-state index contributed by atoms with van der Waals surface area (Å²) in [6, 6.07) is 0. The van der Waals surface area contributed by atoms with Crippen molar-refractivity contribution in [2.45, 2.75) is 0 Å². The Bertz CT molecular complexity index is 8.00. The molecule has 0 aliphatic rings. The van der Waals surface area contributed by atoms with Gasteiger partial charge in [0.25, 0.3) is 0 Å². The average molecular weight is 360 g/mol. The predicted molar refractivity (Wildman–Crippen MR) is 40.6 cm³/mol. The van der Waals surface area contributed by atoms with Crippen LogP contribution in [0.1, 0.15) is 0 Å². The van der Waals surface area contributed by atoms with Gasteiger partial charge in [-0.1, -0.05) is 27.0 Å². The molecule has 0 heterocycles. The molecule has 64 valence electrons.